The van der Waals surface area contributed by atoms with E-state index in [1.54, 1.807) is 7.05 Å². The normalized spacial score (nSPS) is 9.79. The van der Waals surface area contributed by atoms with Crippen molar-refractivity contribution >= 4 is 20.1 Å². The van der Waals surface area contributed by atoms with Gasteiger partial charge in [-0.2, -0.15) is 0 Å². The van der Waals surface area contributed by atoms with E-state index in [1.165, 1.54) is 0 Å². The maximum Gasteiger partial charge on any atom is 0.311 e. The number of aliphatic imine (C=N–C) groups is 1. The molecule has 0 aromatic rings. The molecule has 4 heteroatoms. The fourth-order valence-electron chi connectivity index (χ4n) is 0.593. The van der Waals surface area contributed by atoms with Crippen molar-refractivity contribution in [2.24, 2.45) is 4.99 Å². The Labute approximate surface area is 89.5 Å². The van der Waals surface area contributed by atoms with Gasteiger partial charge in [0.1, 0.15) is 0 Å². The van der Waals surface area contributed by atoms with Crippen molar-refractivity contribution in [1.82, 2.24) is 0 Å². The Balaban J connectivity index is -0.000000376. The van der Waals surface area contributed by atoms with Crippen LogP contribution in [0.3, 0.4) is 0 Å². The Hall–Kier alpha value is -0.795. The third-order valence-corrected chi connectivity index (χ3v) is 1.15. The van der Waals surface area contributed by atoms with Crippen LogP contribution in [0.25, 0.3) is 0 Å². The molecule has 0 heterocycles. The lowest BCUT2D eigenvalue weighted by Crippen LogP contribution is -2.13. The number of nitrogens with zero attached hydrogens (tertiary/aromatic N) is 1. The van der Waals surface area contributed by atoms with Gasteiger partial charge in [0.15, 0.2) is 0 Å². The highest BCUT2D eigenvalue weighted by molar-refractivity contribution is 5.97. The highest BCUT2D eigenvalue weighted by Crippen LogP contribution is 1.94. The second-order valence-electron chi connectivity index (χ2n) is 2.67. The first-order valence-corrected chi connectivity index (χ1v) is 4.68. The summed E-state index contributed by atoms with van der Waals surface area (Å²) in [4.78, 5) is 14.8. The minimum Gasteiger partial charge on any atom is -0.463 e. The lowest BCUT2D eigenvalue weighted by atomic mass is 10.3. The topological polar surface area (TPSA) is 38.7 Å². The Kier molecular flexibility index (Phi) is 16.5. The molecule has 0 saturated carbocycles. The van der Waals surface area contributed by atoms with E-state index in [0.717, 1.165) is 5.71 Å². The van der Waals surface area contributed by atoms with Crippen LogP contribution in [0.1, 0.15) is 41.0 Å². The number of carbonyl (C=O) groups excluding carboxylic acids is 1. The molecule has 0 saturated heterocycles. The van der Waals surface area contributed by atoms with Crippen LogP contribution in [0.5, 0.6) is 0 Å². The van der Waals surface area contributed by atoms with Gasteiger partial charge in [-0.3, -0.25) is 9.79 Å². The molecule has 0 aliphatic carbocycles. The van der Waals surface area contributed by atoms with Crippen molar-refractivity contribution in [2.75, 3.05) is 7.05 Å². The number of esters is 1. The third-order valence-electron chi connectivity index (χ3n) is 1.15. The number of hydrogen-bond acceptors (Lipinski definition) is 3. The van der Waals surface area contributed by atoms with Gasteiger partial charge < -0.3 is 4.74 Å². The first kappa shape index (κ1) is 18.9. The largest absolute Gasteiger partial charge is 0.463 e. The molecule has 0 fully saturated rings. The van der Waals surface area contributed by atoms with E-state index < -0.39 is 0 Å². The summed E-state index contributed by atoms with van der Waals surface area (Å²) in [7, 11) is 1.66. The fourth-order valence-corrected chi connectivity index (χ4v) is 0.593. The molecule has 0 aromatic carbocycles. The quantitative estimate of drug-likeness (QED) is 0.395. The molecular weight excluding hydrogens is 177 g/mol. The van der Waals surface area contributed by atoms with Gasteiger partial charge in [0.25, 0.3) is 0 Å². The zero-order valence-electron chi connectivity index (χ0n) is 10.1. The van der Waals surface area contributed by atoms with E-state index in [9.17, 15) is 4.79 Å². The van der Waals surface area contributed by atoms with E-state index in [1.807, 2.05) is 34.6 Å². The van der Waals surface area contributed by atoms with Crippen molar-refractivity contribution in [3.63, 3.8) is 0 Å². The maximum atomic E-state index is 10.9. The molecule has 0 spiro atoms. The van der Waals surface area contributed by atoms with Crippen molar-refractivity contribution in [3.8, 4) is 0 Å². The molecular formula is C10H21BNO2. The lowest BCUT2D eigenvalue weighted by Gasteiger charge is -2.06. The van der Waals surface area contributed by atoms with E-state index >= 15 is 0 Å². The van der Waals surface area contributed by atoms with Crippen LogP contribution < -0.4 is 0 Å². The molecule has 0 unspecified atom stereocenters. The minimum atomic E-state index is -0.205. The average Bonchev–Trinajstić information content (AvgIpc) is 2.06. The monoisotopic (exact) mass is 198 g/mol. The molecule has 0 aromatic heterocycles. The molecule has 0 amide bonds. The van der Waals surface area contributed by atoms with E-state index in [2.05, 4.69) is 4.99 Å². The minimum absolute atomic E-state index is 0. The summed E-state index contributed by atoms with van der Waals surface area (Å²) in [5, 5.41) is 0. The van der Waals surface area contributed by atoms with Crippen LogP contribution in [0.2, 0.25) is 0 Å². The number of hydrogen-bond donors (Lipinski definition) is 0. The Morgan fingerprint density at radius 2 is 1.79 bits per heavy atom. The van der Waals surface area contributed by atoms with Gasteiger partial charge in [0.2, 0.25) is 0 Å². The second-order valence-corrected chi connectivity index (χ2v) is 2.67. The fraction of sp³-hybridized carbons (Fsp3) is 0.800. The van der Waals surface area contributed by atoms with Crippen LogP contribution in [0.4, 0.5) is 0 Å². The summed E-state index contributed by atoms with van der Waals surface area (Å²) in [5.41, 5.74) is 0.802. The third kappa shape index (κ3) is 13.8. The summed E-state index contributed by atoms with van der Waals surface area (Å²) in [6.45, 7) is 9.47. The van der Waals surface area contributed by atoms with Gasteiger partial charge in [0, 0.05) is 21.2 Å². The lowest BCUT2D eigenvalue weighted by molar-refractivity contribution is -0.145. The molecule has 0 aliphatic rings. The van der Waals surface area contributed by atoms with Gasteiger partial charge in [-0.1, -0.05) is 13.8 Å². The first-order valence-electron chi connectivity index (χ1n) is 4.68. The Morgan fingerprint density at radius 3 is 2.07 bits per heavy atom. The first-order chi connectivity index (χ1) is 6.06. The molecule has 3 nitrogen and oxygen atoms in total. The summed E-state index contributed by atoms with van der Waals surface area (Å²) in [5.74, 6) is -0.205. The molecule has 81 valence electrons. The van der Waals surface area contributed by atoms with E-state index in [-0.39, 0.29) is 20.5 Å². The van der Waals surface area contributed by atoms with Crippen molar-refractivity contribution in [3.05, 3.63) is 0 Å². The summed E-state index contributed by atoms with van der Waals surface area (Å²) >= 11 is 0. The molecule has 14 heavy (non-hydrogen) atoms. The summed E-state index contributed by atoms with van der Waals surface area (Å²) < 4.78 is 4.90. The standard InChI is InChI=1S/C8H15NO2.C2H6.B/c1-6(2)11-8(10)5-7(3)9-4;1-2;/h6H,5H2,1-4H3;1-2H3;. The highest BCUT2D eigenvalue weighted by atomic mass is 16.5. The number of ether oxygens (including phenoxy) is 1. The predicted octanol–water partition coefficient (Wildman–Crippen LogP) is 2.06. The van der Waals surface area contributed by atoms with Crippen LogP contribution >= 0.6 is 0 Å². The highest BCUT2D eigenvalue weighted by Gasteiger charge is 2.05. The smallest absolute Gasteiger partial charge is 0.311 e. The average molecular weight is 198 g/mol. The SMILES string of the molecule is CC.CN=C(C)CC(=O)OC(C)C.[B]. The Bertz CT molecular complexity index is 168. The molecule has 0 rings (SSSR count). The van der Waals surface area contributed by atoms with Gasteiger partial charge in [-0.15, -0.1) is 0 Å². The number of carbonyl (C=O) groups is 1. The molecule has 0 atom stereocenters. The van der Waals surface area contributed by atoms with Crippen LogP contribution in [-0.4, -0.2) is 33.2 Å². The molecule has 3 radical (unpaired) electrons. The zero-order valence-corrected chi connectivity index (χ0v) is 10.1. The zero-order chi connectivity index (χ0) is 10.9. The molecule has 0 aliphatic heterocycles. The Morgan fingerprint density at radius 1 is 1.36 bits per heavy atom. The summed E-state index contributed by atoms with van der Waals surface area (Å²) in [6.07, 6.45) is 0.265. The van der Waals surface area contributed by atoms with Crippen LogP contribution in [-0.2, 0) is 9.53 Å². The van der Waals surface area contributed by atoms with Gasteiger partial charge in [-0.05, 0) is 20.8 Å². The van der Waals surface area contributed by atoms with E-state index in [0.29, 0.717) is 6.42 Å². The van der Waals surface area contributed by atoms with Gasteiger partial charge in [-0.25, -0.2) is 0 Å². The molecule has 0 N–H and O–H groups in total. The summed E-state index contributed by atoms with van der Waals surface area (Å²) in [6, 6.07) is 0. The van der Waals surface area contributed by atoms with Crippen molar-refractivity contribution in [1.29, 1.82) is 0 Å². The number of rotatable bonds is 3. The van der Waals surface area contributed by atoms with Crippen LogP contribution in [0, 0.1) is 0 Å². The second kappa shape index (κ2) is 12.2. The van der Waals surface area contributed by atoms with Gasteiger partial charge >= 0.3 is 5.97 Å². The van der Waals surface area contributed by atoms with Crippen LogP contribution in [0.15, 0.2) is 4.99 Å². The van der Waals surface area contributed by atoms with Crippen molar-refractivity contribution in [2.45, 2.75) is 47.1 Å². The van der Waals surface area contributed by atoms with E-state index in [4.69, 9.17) is 4.74 Å². The van der Waals surface area contributed by atoms with Gasteiger partial charge in [0.05, 0.1) is 12.5 Å². The van der Waals surface area contributed by atoms with Crippen molar-refractivity contribution < 1.29 is 9.53 Å². The predicted molar refractivity (Wildman–Crippen MR) is 62.0 cm³/mol. The maximum absolute atomic E-state index is 10.9. The molecule has 0 bridgehead atoms.